The molecular formula is C13H16ClNO. The molecule has 1 aliphatic heterocycles. The Bertz CT molecular complexity index is 355. The number of benzene rings is 1. The van der Waals surface area contributed by atoms with Gasteiger partial charge in [0.1, 0.15) is 0 Å². The number of ketones is 1. The molecule has 1 saturated heterocycles. The number of Topliss-reactive ketones (excluding diaryl/α,β-unsaturated/α-hetero) is 1. The highest BCUT2D eigenvalue weighted by molar-refractivity contribution is 6.30. The third kappa shape index (κ3) is 3.06. The van der Waals surface area contributed by atoms with Gasteiger partial charge < -0.3 is 5.32 Å². The minimum absolute atomic E-state index is 0.227. The molecule has 1 fully saturated rings. The molecule has 1 N–H and O–H groups in total. The molecule has 0 amide bonds. The molecule has 0 aliphatic carbocycles. The first-order valence-electron chi connectivity index (χ1n) is 5.75. The van der Waals surface area contributed by atoms with Crippen LogP contribution in [0.2, 0.25) is 5.02 Å². The highest BCUT2D eigenvalue weighted by atomic mass is 35.5. The van der Waals surface area contributed by atoms with Gasteiger partial charge in [-0.3, -0.25) is 4.79 Å². The molecule has 0 saturated carbocycles. The van der Waals surface area contributed by atoms with Gasteiger partial charge in [0.2, 0.25) is 0 Å². The van der Waals surface area contributed by atoms with E-state index in [-0.39, 0.29) is 5.78 Å². The molecule has 16 heavy (non-hydrogen) atoms. The van der Waals surface area contributed by atoms with E-state index >= 15 is 0 Å². The van der Waals surface area contributed by atoms with E-state index in [9.17, 15) is 4.79 Å². The second-order valence-electron chi connectivity index (χ2n) is 4.35. The molecule has 1 atom stereocenters. The fourth-order valence-electron chi connectivity index (χ4n) is 2.11. The van der Waals surface area contributed by atoms with E-state index in [0.717, 1.165) is 25.1 Å². The predicted molar refractivity (Wildman–Crippen MR) is 66.0 cm³/mol. The van der Waals surface area contributed by atoms with Gasteiger partial charge in [0.15, 0.2) is 5.78 Å². The van der Waals surface area contributed by atoms with Gasteiger partial charge in [0, 0.05) is 17.0 Å². The Morgan fingerprint density at radius 2 is 2.12 bits per heavy atom. The Kier molecular flexibility index (Phi) is 3.97. The number of rotatable bonds is 3. The first-order valence-corrected chi connectivity index (χ1v) is 6.13. The molecule has 3 heteroatoms. The SMILES string of the molecule is O=C(CC1CCCNC1)c1ccc(Cl)cc1. The van der Waals surface area contributed by atoms with Crippen LogP contribution in [0.1, 0.15) is 29.6 Å². The number of hydrogen-bond acceptors (Lipinski definition) is 2. The zero-order chi connectivity index (χ0) is 11.4. The van der Waals surface area contributed by atoms with Crippen molar-refractivity contribution in [2.75, 3.05) is 13.1 Å². The highest BCUT2D eigenvalue weighted by Gasteiger charge is 2.17. The number of carbonyl (C=O) groups is 1. The van der Waals surface area contributed by atoms with Crippen LogP contribution in [0.4, 0.5) is 0 Å². The summed E-state index contributed by atoms with van der Waals surface area (Å²) in [5.41, 5.74) is 0.773. The number of halogens is 1. The number of nitrogens with one attached hydrogen (secondary N) is 1. The first-order chi connectivity index (χ1) is 7.75. The van der Waals surface area contributed by atoms with Crippen LogP contribution >= 0.6 is 11.6 Å². The smallest absolute Gasteiger partial charge is 0.163 e. The van der Waals surface area contributed by atoms with Crippen LogP contribution in [0.5, 0.6) is 0 Å². The molecule has 0 bridgehead atoms. The lowest BCUT2D eigenvalue weighted by atomic mass is 9.92. The van der Waals surface area contributed by atoms with Gasteiger partial charge in [-0.1, -0.05) is 11.6 Å². The van der Waals surface area contributed by atoms with E-state index in [4.69, 9.17) is 11.6 Å². The molecule has 1 aromatic carbocycles. The average Bonchev–Trinajstić information content (AvgIpc) is 2.31. The average molecular weight is 238 g/mol. The summed E-state index contributed by atoms with van der Waals surface area (Å²) in [6.07, 6.45) is 2.99. The monoisotopic (exact) mass is 237 g/mol. The van der Waals surface area contributed by atoms with Crippen LogP contribution < -0.4 is 5.32 Å². The quantitative estimate of drug-likeness (QED) is 0.819. The highest BCUT2D eigenvalue weighted by Crippen LogP contribution is 2.18. The van der Waals surface area contributed by atoms with Crippen molar-refractivity contribution >= 4 is 17.4 Å². The van der Waals surface area contributed by atoms with Gasteiger partial charge in [0.05, 0.1) is 0 Å². The molecule has 2 nitrogen and oxygen atoms in total. The molecule has 1 aliphatic rings. The van der Waals surface area contributed by atoms with E-state index in [1.807, 2.05) is 0 Å². The fourth-order valence-corrected chi connectivity index (χ4v) is 2.24. The number of piperidine rings is 1. The van der Waals surface area contributed by atoms with E-state index in [2.05, 4.69) is 5.32 Å². The maximum Gasteiger partial charge on any atom is 0.163 e. The van der Waals surface area contributed by atoms with E-state index in [1.54, 1.807) is 24.3 Å². The minimum Gasteiger partial charge on any atom is -0.316 e. The summed E-state index contributed by atoms with van der Waals surface area (Å²) >= 11 is 5.79. The molecule has 86 valence electrons. The molecule has 1 unspecified atom stereocenters. The van der Waals surface area contributed by atoms with Crippen LogP contribution in [-0.2, 0) is 0 Å². The summed E-state index contributed by atoms with van der Waals surface area (Å²) in [4.78, 5) is 12.0. The standard InChI is InChI=1S/C13H16ClNO/c14-12-5-3-11(4-6-12)13(16)8-10-2-1-7-15-9-10/h3-6,10,15H,1-2,7-9H2. The van der Waals surface area contributed by atoms with Gasteiger partial charge in [0.25, 0.3) is 0 Å². The zero-order valence-corrected chi connectivity index (χ0v) is 9.96. The summed E-state index contributed by atoms with van der Waals surface area (Å²) < 4.78 is 0. The lowest BCUT2D eigenvalue weighted by molar-refractivity contribution is 0.0954. The van der Waals surface area contributed by atoms with Crippen molar-refractivity contribution in [2.24, 2.45) is 5.92 Å². The van der Waals surface area contributed by atoms with Crippen LogP contribution in [0.25, 0.3) is 0 Å². The molecular weight excluding hydrogens is 222 g/mol. The third-order valence-electron chi connectivity index (χ3n) is 3.04. The van der Waals surface area contributed by atoms with Crippen molar-refractivity contribution in [1.82, 2.24) is 5.32 Å². The Balaban J connectivity index is 1.94. The predicted octanol–water partition coefficient (Wildman–Crippen LogP) is 2.91. The number of hydrogen-bond donors (Lipinski definition) is 1. The zero-order valence-electron chi connectivity index (χ0n) is 9.21. The lowest BCUT2D eigenvalue weighted by Crippen LogP contribution is -2.31. The van der Waals surface area contributed by atoms with Crippen LogP contribution in [0, 0.1) is 5.92 Å². The Labute approximate surface area is 101 Å². The largest absolute Gasteiger partial charge is 0.316 e. The fraction of sp³-hybridized carbons (Fsp3) is 0.462. The third-order valence-corrected chi connectivity index (χ3v) is 3.29. The second-order valence-corrected chi connectivity index (χ2v) is 4.78. The van der Waals surface area contributed by atoms with Crippen LogP contribution in [0.15, 0.2) is 24.3 Å². The van der Waals surface area contributed by atoms with E-state index < -0.39 is 0 Å². The molecule has 0 spiro atoms. The molecule has 1 aromatic rings. The van der Waals surface area contributed by atoms with Crippen molar-refractivity contribution in [2.45, 2.75) is 19.3 Å². The molecule has 2 rings (SSSR count). The van der Waals surface area contributed by atoms with Crippen LogP contribution in [-0.4, -0.2) is 18.9 Å². The van der Waals surface area contributed by atoms with Crippen molar-refractivity contribution in [3.63, 3.8) is 0 Å². The Hall–Kier alpha value is -0.860. The van der Waals surface area contributed by atoms with Crippen molar-refractivity contribution < 1.29 is 4.79 Å². The molecule has 0 aromatic heterocycles. The maximum atomic E-state index is 12.0. The van der Waals surface area contributed by atoms with Crippen molar-refractivity contribution in [3.05, 3.63) is 34.9 Å². The number of carbonyl (C=O) groups excluding carboxylic acids is 1. The van der Waals surface area contributed by atoms with Crippen molar-refractivity contribution in [3.8, 4) is 0 Å². The second kappa shape index (κ2) is 5.46. The summed E-state index contributed by atoms with van der Waals surface area (Å²) in [5.74, 6) is 0.724. The summed E-state index contributed by atoms with van der Waals surface area (Å²) in [7, 11) is 0. The minimum atomic E-state index is 0.227. The van der Waals surface area contributed by atoms with Gasteiger partial charge >= 0.3 is 0 Å². The molecule has 0 radical (unpaired) electrons. The maximum absolute atomic E-state index is 12.0. The summed E-state index contributed by atoms with van der Waals surface area (Å²) in [6.45, 7) is 2.06. The van der Waals surface area contributed by atoms with Gasteiger partial charge in [-0.05, 0) is 56.1 Å². The Morgan fingerprint density at radius 1 is 1.38 bits per heavy atom. The van der Waals surface area contributed by atoms with E-state index in [1.165, 1.54) is 6.42 Å². The van der Waals surface area contributed by atoms with Gasteiger partial charge in [-0.25, -0.2) is 0 Å². The van der Waals surface area contributed by atoms with Gasteiger partial charge in [-0.15, -0.1) is 0 Å². The topological polar surface area (TPSA) is 29.1 Å². The lowest BCUT2D eigenvalue weighted by Gasteiger charge is -2.21. The summed E-state index contributed by atoms with van der Waals surface area (Å²) in [6, 6.07) is 7.16. The van der Waals surface area contributed by atoms with E-state index in [0.29, 0.717) is 17.4 Å². The Morgan fingerprint density at radius 3 is 2.75 bits per heavy atom. The summed E-state index contributed by atoms with van der Waals surface area (Å²) in [5, 5.41) is 4.00. The van der Waals surface area contributed by atoms with Gasteiger partial charge in [-0.2, -0.15) is 0 Å². The molecule has 1 heterocycles. The van der Waals surface area contributed by atoms with Crippen LogP contribution in [0.3, 0.4) is 0 Å². The normalized spacial score (nSPS) is 20.7. The van der Waals surface area contributed by atoms with Crippen molar-refractivity contribution in [1.29, 1.82) is 0 Å². The first kappa shape index (κ1) is 11.6.